The summed E-state index contributed by atoms with van der Waals surface area (Å²) in [5, 5.41) is 0. The summed E-state index contributed by atoms with van der Waals surface area (Å²) >= 11 is 10.4. The Bertz CT molecular complexity index is 212. The molecule has 0 bridgehead atoms. The van der Waals surface area contributed by atoms with Crippen LogP contribution in [-0.4, -0.2) is 11.8 Å². The van der Waals surface area contributed by atoms with Gasteiger partial charge in [-0.1, -0.05) is 13.3 Å². The molecule has 0 heterocycles. The SMILES string of the molecule is CCCC(CCCC(=O)NCl)C(=O)NCl. The predicted octanol–water partition coefficient (Wildman–Crippen LogP) is 2.11. The first-order valence-electron chi connectivity index (χ1n) is 4.95. The highest BCUT2D eigenvalue weighted by molar-refractivity contribution is 6.21. The molecule has 15 heavy (non-hydrogen) atoms. The maximum Gasteiger partial charge on any atom is 0.237 e. The average Bonchev–Trinajstić information content (AvgIpc) is 2.26. The average molecular weight is 255 g/mol. The Hall–Kier alpha value is -0.480. The maximum atomic E-state index is 11.3. The van der Waals surface area contributed by atoms with E-state index in [1.165, 1.54) is 0 Å². The highest BCUT2D eigenvalue weighted by Gasteiger charge is 2.16. The molecule has 0 rings (SSSR count). The standard InChI is InChI=1S/C9H16Cl2N2O2/c1-2-4-7(9(15)13-11)5-3-6-8(14)12-10/h7H,2-6H2,1H3,(H,12,14)(H,13,15). The summed E-state index contributed by atoms with van der Waals surface area (Å²) in [7, 11) is 0. The molecule has 0 fully saturated rings. The van der Waals surface area contributed by atoms with Crippen molar-refractivity contribution in [1.29, 1.82) is 0 Å². The van der Waals surface area contributed by atoms with E-state index in [0.29, 0.717) is 19.3 Å². The van der Waals surface area contributed by atoms with Gasteiger partial charge >= 0.3 is 0 Å². The molecule has 6 heteroatoms. The molecule has 0 aliphatic rings. The topological polar surface area (TPSA) is 58.2 Å². The first-order chi connectivity index (χ1) is 7.15. The maximum absolute atomic E-state index is 11.3. The molecule has 2 amide bonds. The lowest BCUT2D eigenvalue weighted by Gasteiger charge is -2.12. The number of nitrogens with one attached hydrogen (secondary N) is 2. The molecule has 1 atom stereocenters. The summed E-state index contributed by atoms with van der Waals surface area (Å²) in [4.78, 5) is 26.2. The molecule has 0 saturated carbocycles. The van der Waals surface area contributed by atoms with Crippen LogP contribution < -0.4 is 9.67 Å². The van der Waals surface area contributed by atoms with Gasteiger partial charge in [-0.05, 0) is 19.3 Å². The monoisotopic (exact) mass is 254 g/mol. The van der Waals surface area contributed by atoms with E-state index < -0.39 is 0 Å². The minimum Gasteiger partial charge on any atom is -0.274 e. The van der Waals surface area contributed by atoms with E-state index in [2.05, 4.69) is 4.84 Å². The molecule has 0 spiro atoms. The van der Waals surface area contributed by atoms with E-state index in [0.717, 1.165) is 12.8 Å². The fraction of sp³-hybridized carbons (Fsp3) is 0.778. The number of rotatable bonds is 7. The van der Waals surface area contributed by atoms with Crippen molar-refractivity contribution < 1.29 is 9.59 Å². The van der Waals surface area contributed by atoms with Crippen LogP contribution in [0.2, 0.25) is 0 Å². The Balaban J connectivity index is 3.85. The lowest BCUT2D eigenvalue weighted by molar-refractivity contribution is -0.124. The quantitative estimate of drug-likeness (QED) is 0.684. The minimum absolute atomic E-state index is 0.115. The van der Waals surface area contributed by atoms with Gasteiger partial charge < -0.3 is 0 Å². The smallest absolute Gasteiger partial charge is 0.237 e. The number of carbonyl (C=O) groups excluding carboxylic acids is 2. The van der Waals surface area contributed by atoms with E-state index in [-0.39, 0.29) is 17.7 Å². The predicted molar refractivity (Wildman–Crippen MR) is 60.2 cm³/mol. The van der Waals surface area contributed by atoms with E-state index in [9.17, 15) is 9.59 Å². The van der Waals surface area contributed by atoms with Crippen molar-refractivity contribution in [1.82, 2.24) is 9.67 Å². The third-order valence-corrected chi connectivity index (χ3v) is 2.56. The molecular formula is C9H16Cl2N2O2. The van der Waals surface area contributed by atoms with E-state index in [1.807, 2.05) is 11.8 Å². The van der Waals surface area contributed by atoms with Crippen LogP contribution in [0.3, 0.4) is 0 Å². The first kappa shape index (κ1) is 14.5. The van der Waals surface area contributed by atoms with Crippen molar-refractivity contribution >= 4 is 35.4 Å². The molecule has 2 N–H and O–H groups in total. The number of carbonyl (C=O) groups is 2. The molecule has 0 saturated heterocycles. The largest absolute Gasteiger partial charge is 0.274 e. The number of amides is 2. The number of hydrogen-bond acceptors (Lipinski definition) is 2. The Labute approximate surface area is 99.9 Å². The molecule has 0 aromatic heterocycles. The van der Waals surface area contributed by atoms with Crippen LogP contribution in [0.15, 0.2) is 0 Å². The van der Waals surface area contributed by atoms with Crippen molar-refractivity contribution in [3.63, 3.8) is 0 Å². The van der Waals surface area contributed by atoms with Crippen LogP contribution in [0.4, 0.5) is 0 Å². The summed E-state index contributed by atoms with van der Waals surface area (Å²) in [6.07, 6.45) is 3.31. The van der Waals surface area contributed by atoms with E-state index in [4.69, 9.17) is 23.6 Å². The van der Waals surface area contributed by atoms with Crippen LogP contribution in [-0.2, 0) is 9.59 Å². The lowest BCUT2D eigenvalue weighted by atomic mass is 9.96. The zero-order valence-electron chi connectivity index (χ0n) is 8.69. The third-order valence-electron chi connectivity index (χ3n) is 2.16. The van der Waals surface area contributed by atoms with Gasteiger partial charge in [0.25, 0.3) is 0 Å². The minimum atomic E-state index is -0.224. The second-order valence-electron chi connectivity index (χ2n) is 3.35. The second kappa shape index (κ2) is 8.80. The molecule has 0 aliphatic heterocycles. The molecule has 0 aliphatic carbocycles. The van der Waals surface area contributed by atoms with Gasteiger partial charge in [-0.3, -0.25) is 19.3 Å². The number of halogens is 2. The van der Waals surface area contributed by atoms with Crippen molar-refractivity contribution in [3.05, 3.63) is 0 Å². The van der Waals surface area contributed by atoms with Crippen molar-refractivity contribution in [2.45, 2.75) is 39.0 Å². The Morgan fingerprint density at radius 3 is 2.33 bits per heavy atom. The van der Waals surface area contributed by atoms with E-state index in [1.54, 1.807) is 0 Å². The second-order valence-corrected chi connectivity index (χ2v) is 3.73. The highest BCUT2D eigenvalue weighted by Crippen LogP contribution is 2.15. The molecule has 0 aromatic rings. The van der Waals surface area contributed by atoms with Crippen LogP contribution in [0, 0.1) is 5.92 Å². The van der Waals surface area contributed by atoms with Gasteiger partial charge in [-0.25, -0.2) is 0 Å². The van der Waals surface area contributed by atoms with Crippen LogP contribution in [0.5, 0.6) is 0 Å². The molecule has 1 unspecified atom stereocenters. The van der Waals surface area contributed by atoms with Crippen LogP contribution in [0.1, 0.15) is 39.0 Å². The van der Waals surface area contributed by atoms with Gasteiger partial charge in [0, 0.05) is 35.9 Å². The zero-order chi connectivity index (χ0) is 11.7. The highest BCUT2D eigenvalue weighted by atomic mass is 35.5. The fourth-order valence-electron chi connectivity index (χ4n) is 1.39. The van der Waals surface area contributed by atoms with Crippen molar-refractivity contribution in [2.24, 2.45) is 5.92 Å². The van der Waals surface area contributed by atoms with Crippen LogP contribution in [0.25, 0.3) is 0 Å². The Morgan fingerprint density at radius 1 is 1.20 bits per heavy atom. The van der Waals surface area contributed by atoms with Gasteiger partial charge in [0.15, 0.2) is 0 Å². The Kier molecular flexibility index (Phi) is 8.52. The summed E-state index contributed by atoms with van der Waals surface area (Å²) in [6.45, 7) is 2.00. The van der Waals surface area contributed by atoms with Crippen LogP contribution >= 0.6 is 23.6 Å². The normalized spacial score (nSPS) is 11.9. The third kappa shape index (κ3) is 6.57. The molecule has 0 aromatic carbocycles. The fourth-order valence-corrected chi connectivity index (χ4v) is 1.64. The number of hydrogen-bond donors (Lipinski definition) is 2. The Morgan fingerprint density at radius 2 is 1.87 bits per heavy atom. The van der Waals surface area contributed by atoms with Crippen molar-refractivity contribution in [3.8, 4) is 0 Å². The van der Waals surface area contributed by atoms with Gasteiger partial charge in [-0.2, -0.15) is 0 Å². The molecular weight excluding hydrogens is 239 g/mol. The first-order valence-corrected chi connectivity index (χ1v) is 5.71. The van der Waals surface area contributed by atoms with Gasteiger partial charge in [0.05, 0.1) is 0 Å². The summed E-state index contributed by atoms with van der Waals surface area (Å²) in [6, 6.07) is 0. The zero-order valence-corrected chi connectivity index (χ0v) is 10.2. The molecule has 0 radical (unpaired) electrons. The van der Waals surface area contributed by atoms with E-state index >= 15 is 0 Å². The lowest BCUT2D eigenvalue weighted by Crippen LogP contribution is -2.24. The van der Waals surface area contributed by atoms with Crippen molar-refractivity contribution in [2.75, 3.05) is 0 Å². The summed E-state index contributed by atoms with van der Waals surface area (Å²) in [5.41, 5.74) is 0. The molecule has 4 nitrogen and oxygen atoms in total. The summed E-state index contributed by atoms with van der Waals surface area (Å²) < 4.78 is 0. The van der Waals surface area contributed by atoms with Gasteiger partial charge in [-0.15, -0.1) is 0 Å². The van der Waals surface area contributed by atoms with Gasteiger partial charge in [0.1, 0.15) is 0 Å². The van der Waals surface area contributed by atoms with Gasteiger partial charge in [0.2, 0.25) is 11.8 Å². The molecule has 88 valence electrons. The summed E-state index contributed by atoms with van der Waals surface area (Å²) in [5.74, 6) is -0.515.